The standard InChI is InChI=1S/C13H17Cl2N/c14-11-8-4-7-10(12(11)15)13(16)9-5-2-1-3-6-9/h4,7-9,13H,1-3,5-6,16H2/t13-/m1/s1. The quantitative estimate of drug-likeness (QED) is 0.825. The summed E-state index contributed by atoms with van der Waals surface area (Å²) in [6.07, 6.45) is 6.34. The fraction of sp³-hybridized carbons (Fsp3) is 0.538. The van der Waals surface area contributed by atoms with Crippen LogP contribution in [0, 0.1) is 5.92 Å². The maximum absolute atomic E-state index is 6.30. The van der Waals surface area contributed by atoms with E-state index in [-0.39, 0.29) is 6.04 Å². The van der Waals surface area contributed by atoms with E-state index in [2.05, 4.69) is 0 Å². The summed E-state index contributed by atoms with van der Waals surface area (Å²) >= 11 is 12.2. The highest BCUT2D eigenvalue weighted by molar-refractivity contribution is 6.42. The van der Waals surface area contributed by atoms with E-state index in [4.69, 9.17) is 28.9 Å². The van der Waals surface area contributed by atoms with E-state index >= 15 is 0 Å². The molecular formula is C13H17Cl2N. The number of rotatable bonds is 2. The molecule has 1 atom stereocenters. The Labute approximate surface area is 107 Å². The van der Waals surface area contributed by atoms with Gasteiger partial charge in [0.1, 0.15) is 0 Å². The van der Waals surface area contributed by atoms with Gasteiger partial charge in [0.2, 0.25) is 0 Å². The maximum atomic E-state index is 6.30. The summed E-state index contributed by atoms with van der Waals surface area (Å²) < 4.78 is 0. The minimum atomic E-state index is 0.0338. The van der Waals surface area contributed by atoms with Gasteiger partial charge in [0.25, 0.3) is 0 Å². The third-order valence-electron chi connectivity index (χ3n) is 3.50. The molecule has 0 amide bonds. The number of halogens is 2. The number of hydrogen-bond acceptors (Lipinski definition) is 1. The maximum Gasteiger partial charge on any atom is 0.0640 e. The Morgan fingerprint density at radius 3 is 2.50 bits per heavy atom. The lowest BCUT2D eigenvalue weighted by atomic mass is 9.81. The largest absolute Gasteiger partial charge is 0.324 e. The van der Waals surface area contributed by atoms with Crippen molar-refractivity contribution >= 4 is 23.2 Å². The van der Waals surface area contributed by atoms with Gasteiger partial charge >= 0.3 is 0 Å². The molecule has 0 unspecified atom stereocenters. The second-order valence-corrected chi connectivity index (χ2v) is 5.35. The van der Waals surface area contributed by atoms with Gasteiger partial charge in [0.05, 0.1) is 10.0 Å². The van der Waals surface area contributed by atoms with Gasteiger partial charge in [0.15, 0.2) is 0 Å². The normalized spacial score (nSPS) is 19.7. The number of benzene rings is 1. The van der Waals surface area contributed by atoms with Crippen molar-refractivity contribution in [3.63, 3.8) is 0 Å². The van der Waals surface area contributed by atoms with Gasteiger partial charge < -0.3 is 5.73 Å². The first kappa shape index (κ1) is 12.2. The SMILES string of the molecule is N[C@@H](c1cccc(Cl)c1Cl)C1CCCCC1. The summed E-state index contributed by atoms with van der Waals surface area (Å²) in [5.74, 6) is 0.560. The van der Waals surface area contributed by atoms with E-state index in [0.717, 1.165) is 5.56 Å². The van der Waals surface area contributed by atoms with Crippen LogP contribution >= 0.6 is 23.2 Å². The van der Waals surface area contributed by atoms with Crippen molar-refractivity contribution in [1.29, 1.82) is 0 Å². The number of hydrogen-bond donors (Lipinski definition) is 1. The molecule has 16 heavy (non-hydrogen) atoms. The van der Waals surface area contributed by atoms with Crippen LogP contribution < -0.4 is 5.73 Å². The summed E-state index contributed by atoms with van der Waals surface area (Å²) in [6.45, 7) is 0. The van der Waals surface area contributed by atoms with E-state index in [1.54, 1.807) is 6.07 Å². The van der Waals surface area contributed by atoms with Crippen LogP contribution in [0.2, 0.25) is 10.0 Å². The fourth-order valence-electron chi connectivity index (χ4n) is 2.53. The van der Waals surface area contributed by atoms with Crippen molar-refractivity contribution in [2.75, 3.05) is 0 Å². The van der Waals surface area contributed by atoms with Gasteiger partial charge in [-0.1, -0.05) is 54.6 Å². The Hall–Kier alpha value is -0.240. The minimum Gasteiger partial charge on any atom is -0.324 e. The molecule has 0 radical (unpaired) electrons. The van der Waals surface area contributed by atoms with Crippen molar-refractivity contribution in [3.8, 4) is 0 Å². The van der Waals surface area contributed by atoms with Crippen LogP contribution in [0.5, 0.6) is 0 Å². The second kappa shape index (κ2) is 5.39. The van der Waals surface area contributed by atoms with Crippen molar-refractivity contribution < 1.29 is 0 Å². The third-order valence-corrected chi connectivity index (χ3v) is 4.33. The monoisotopic (exact) mass is 257 g/mol. The molecule has 1 aromatic rings. The van der Waals surface area contributed by atoms with Crippen LogP contribution in [0.15, 0.2) is 18.2 Å². The molecule has 0 aliphatic heterocycles. The van der Waals surface area contributed by atoms with Crippen LogP contribution in [0.3, 0.4) is 0 Å². The average Bonchev–Trinajstić information content (AvgIpc) is 2.33. The Morgan fingerprint density at radius 1 is 1.12 bits per heavy atom. The summed E-state index contributed by atoms with van der Waals surface area (Å²) in [6, 6.07) is 5.76. The Kier molecular flexibility index (Phi) is 4.12. The van der Waals surface area contributed by atoms with Crippen molar-refractivity contribution in [3.05, 3.63) is 33.8 Å². The van der Waals surface area contributed by atoms with Crippen LogP contribution in [-0.2, 0) is 0 Å². The van der Waals surface area contributed by atoms with Gasteiger partial charge in [-0.2, -0.15) is 0 Å². The molecule has 0 saturated heterocycles. The van der Waals surface area contributed by atoms with Crippen LogP contribution in [0.1, 0.15) is 43.7 Å². The lowest BCUT2D eigenvalue weighted by Crippen LogP contribution is -2.23. The zero-order valence-corrected chi connectivity index (χ0v) is 10.8. The average molecular weight is 258 g/mol. The van der Waals surface area contributed by atoms with E-state index in [1.807, 2.05) is 12.1 Å². The second-order valence-electron chi connectivity index (χ2n) is 4.57. The first-order valence-electron chi connectivity index (χ1n) is 5.89. The van der Waals surface area contributed by atoms with Crippen LogP contribution in [-0.4, -0.2) is 0 Å². The Morgan fingerprint density at radius 2 is 1.81 bits per heavy atom. The molecule has 0 bridgehead atoms. The highest BCUT2D eigenvalue weighted by Crippen LogP contribution is 2.37. The third kappa shape index (κ3) is 2.53. The minimum absolute atomic E-state index is 0.0338. The first-order chi connectivity index (χ1) is 7.70. The molecule has 0 spiro atoms. The van der Waals surface area contributed by atoms with E-state index in [1.165, 1.54) is 32.1 Å². The zero-order chi connectivity index (χ0) is 11.5. The van der Waals surface area contributed by atoms with Crippen LogP contribution in [0.4, 0.5) is 0 Å². The predicted molar refractivity (Wildman–Crippen MR) is 70.0 cm³/mol. The highest BCUT2D eigenvalue weighted by atomic mass is 35.5. The van der Waals surface area contributed by atoms with E-state index in [9.17, 15) is 0 Å². The Bertz CT molecular complexity index is 359. The van der Waals surface area contributed by atoms with E-state index < -0.39 is 0 Å². The molecule has 1 aliphatic rings. The molecule has 1 aromatic carbocycles. The van der Waals surface area contributed by atoms with Gasteiger partial charge in [-0.25, -0.2) is 0 Å². The summed E-state index contributed by atoms with van der Waals surface area (Å²) in [4.78, 5) is 0. The van der Waals surface area contributed by atoms with Crippen molar-refractivity contribution in [2.24, 2.45) is 11.7 Å². The smallest absolute Gasteiger partial charge is 0.0640 e. The Balaban J connectivity index is 2.19. The molecule has 2 N–H and O–H groups in total. The summed E-state index contributed by atoms with van der Waals surface area (Å²) in [5.41, 5.74) is 7.30. The molecule has 0 heterocycles. The molecule has 0 aromatic heterocycles. The number of nitrogens with two attached hydrogens (primary N) is 1. The van der Waals surface area contributed by atoms with Crippen molar-refractivity contribution in [1.82, 2.24) is 0 Å². The summed E-state index contributed by atoms with van der Waals surface area (Å²) in [5, 5.41) is 1.23. The fourth-order valence-corrected chi connectivity index (χ4v) is 2.96. The molecule has 88 valence electrons. The van der Waals surface area contributed by atoms with Gasteiger partial charge in [-0.3, -0.25) is 0 Å². The lowest BCUT2D eigenvalue weighted by Gasteiger charge is -2.28. The first-order valence-corrected chi connectivity index (χ1v) is 6.65. The molecular weight excluding hydrogens is 241 g/mol. The van der Waals surface area contributed by atoms with Crippen molar-refractivity contribution in [2.45, 2.75) is 38.1 Å². The van der Waals surface area contributed by atoms with Crippen LogP contribution in [0.25, 0.3) is 0 Å². The molecule has 1 aliphatic carbocycles. The molecule has 1 saturated carbocycles. The highest BCUT2D eigenvalue weighted by Gasteiger charge is 2.23. The summed E-state index contributed by atoms with van der Waals surface area (Å²) in [7, 11) is 0. The zero-order valence-electron chi connectivity index (χ0n) is 9.26. The van der Waals surface area contributed by atoms with Gasteiger partial charge in [-0.15, -0.1) is 0 Å². The van der Waals surface area contributed by atoms with Gasteiger partial charge in [0, 0.05) is 6.04 Å². The topological polar surface area (TPSA) is 26.0 Å². The van der Waals surface area contributed by atoms with E-state index in [0.29, 0.717) is 16.0 Å². The molecule has 2 rings (SSSR count). The molecule has 3 heteroatoms. The van der Waals surface area contributed by atoms with Gasteiger partial charge in [-0.05, 0) is 30.4 Å². The lowest BCUT2D eigenvalue weighted by molar-refractivity contribution is 0.308. The molecule has 1 fully saturated rings. The molecule has 1 nitrogen and oxygen atoms in total. The predicted octanol–water partition coefficient (Wildman–Crippen LogP) is 4.57.